The van der Waals surface area contributed by atoms with E-state index in [9.17, 15) is 4.79 Å². The van der Waals surface area contributed by atoms with Gasteiger partial charge in [0, 0.05) is 5.56 Å². The van der Waals surface area contributed by atoms with E-state index in [0.29, 0.717) is 24.0 Å². The second-order valence-corrected chi connectivity index (χ2v) is 7.72. The summed E-state index contributed by atoms with van der Waals surface area (Å²) in [7, 11) is 1.64. The van der Waals surface area contributed by atoms with Crippen LogP contribution in [0.1, 0.15) is 37.8 Å². The summed E-state index contributed by atoms with van der Waals surface area (Å²) in [4.78, 5) is 12.7. The maximum absolute atomic E-state index is 12.7. The van der Waals surface area contributed by atoms with E-state index in [4.69, 9.17) is 10.00 Å². The fraction of sp³-hybridized carbons (Fsp3) is 0.194. The van der Waals surface area contributed by atoms with Crippen LogP contribution in [0.3, 0.4) is 0 Å². The number of methoxy groups -OCH3 is 1. The largest absolute Gasteiger partial charge is 0.496 e. The van der Waals surface area contributed by atoms with Gasteiger partial charge in [0.15, 0.2) is 5.78 Å². The molecule has 1 rings (SSSR count). The van der Waals surface area contributed by atoms with Gasteiger partial charge in [-0.05, 0) is 80.2 Å². The number of ether oxygens (including phenoxy) is 1. The van der Waals surface area contributed by atoms with Gasteiger partial charge in [0.05, 0.1) is 18.8 Å². The lowest BCUT2D eigenvalue weighted by atomic mass is 9.99. The smallest absolute Gasteiger partial charge is 0.181 e. The summed E-state index contributed by atoms with van der Waals surface area (Å²) in [5, 5.41) is 9.17. The Bertz CT molecular complexity index is 1170. The highest BCUT2D eigenvalue weighted by Crippen LogP contribution is 2.30. The van der Waals surface area contributed by atoms with Gasteiger partial charge in [-0.3, -0.25) is 4.79 Å². The van der Waals surface area contributed by atoms with Gasteiger partial charge < -0.3 is 4.74 Å². The normalized spacial score (nSPS) is 13.0. The first-order valence-corrected chi connectivity index (χ1v) is 11.0. The Balaban J connectivity index is 3.07. The summed E-state index contributed by atoms with van der Waals surface area (Å²) >= 11 is 0. The lowest BCUT2D eigenvalue weighted by molar-refractivity contribution is -0.111. The molecule has 174 valence electrons. The number of carbonyl (C=O) groups is 1. The van der Waals surface area contributed by atoms with Gasteiger partial charge in [-0.25, -0.2) is 0 Å². The first-order valence-electron chi connectivity index (χ1n) is 11.0. The predicted octanol–water partition coefficient (Wildman–Crippen LogP) is 7.72. The minimum Gasteiger partial charge on any atom is -0.496 e. The van der Waals surface area contributed by atoms with Crippen LogP contribution in [0, 0.1) is 18.3 Å². The fourth-order valence-electron chi connectivity index (χ4n) is 3.20. The molecule has 3 nitrogen and oxygen atoms in total. The molecule has 0 aliphatic rings. The second kappa shape index (κ2) is 14.9. The summed E-state index contributed by atoms with van der Waals surface area (Å²) < 4.78 is 5.57. The molecule has 0 heterocycles. The van der Waals surface area contributed by atoms with Crippen LogP contribution < -0.4 is 4.74 Å². The highest BCUT2D eigenvalue weighted by Gasteiger charge is 2.09. The number of aryl methyl sites for hydroxylation is 1. The third-order valence-corrected chi connectivity index (χ3v) is 5.10. The van der Waals surface area contributed by atoms with E-state index in [-0.39, 0.29) is 5.78 Å². The Morgan fingerprint density at radius 2 is 1.85 bits per heavy atom. The van der Waals surface area contributed by atoms with Gasteiger partial charge in [0.2, 0.25) is 0 Å². The molecule has 34 heavy (non-hydrogen) atoms. The molecule has 1 aromatic carbocycles. The standard InChI is InChI=1S/C31H33NO2/c1-8-12-27(22-32)21-26(10-3)18-16-23(4)20-30(33)24(5)17-19-28(13-9-2)29-15-11-14-25(6)31(29)34-7/h8,10-15,17,19-21H,1-3,16,18H2,4-7H3/b23-20+,24-17+,26-21+,27-12+,28-19+. The molecule has 0 bridgehead atoms. The predicted molar refractivity (Wildman–Crippen MR) is 143 cm³/mol. The number of nitriles is 1. The zero-order valence-corrected chi connectivity index (χ0v) is 20.7. The quantitative estimate of drug-likeness (QED) is 0.141. The minimum atomic E-state index is -0.0553. The van der Waals surface area contributed by atoms with Crippen molar-refractivity contribution in [2.24, 2.45) is 0 Å². The van der Waals surface area contributed by atoms with E-state index >= 15 is 0 Å². The molecule has 0 radical (unpaired) electrons. The number of para-hydroxylation sites is 1. The Morgan fingerprint density at radius 3 is 2.44 bits per heavy atom. The summed E-state index contributed by atoms with van der Waals surface area (Å²) in [5.41, 5.74) is 8.60. The number of ketones is 1. The van der Waals surface area contributed by atoms with E-state index in [0.717, 1.165) is 33.6 Å². The van der Waals surface area contributed by atoms with Crippen molar-refractivity contribution in [1.29, 1.82) is 5.26 Å². The molecule has 0 N–H and O–H groups in total. The van der Waals surface area contributed by atoms with Gasteiger partial charge >= 0.3 is 0 Å². The molecule has 0 unspecified atom stereocenters. The van der Waals surface area contributed by atoms with Crippen LogP contribution in [-0.4, -0.2) is 12.9 Å². The van der Waals surface area contributed by atoms with Crippen molar-refractivity contribution in [3.05, 3.63) is 126 Å². The molecule has 0 aliphatic heterocycles. The number of carbonyl (C=O) groups excluding carboxylic acids is 1. The topological polar surface area (TPSA) is 50.1 Å². The van der Waals surface area contributed by atoms with Crippen LogP contribution in [0.15, 0.2) is 115 Å². The number of nitrogens with zero attached hydrogens (tertiary/aromatic N) is 1. The van der Waals surface area contributed by atoms with E-state index < -0.39 is 0 Å². The van der Waals surface area contributed by atoms with Gasteiger partial charge in [-0.2, -0.15) is 5.26 Å². The van der Waals surface area contributed by atoms with Crippen molar-refractivity contribution in [1.82, 2.24) is 0 Å². The summed E-state index contributed by atoms with van der Waals surface area (Å²) in [6.45, 7) is 16.8. The van der Waals surface area contributed by atoms with Gasteiger partial charge in [0.25, 0.3) is 0 Å². The highest BCUT2D eigenvalue weighted by atomic mass is 16.5. The average Bonchev–Trinajstić information content (AvgIpc) is 2.83. The van der Waals surface area contributed by atoms with Gasteiger partial charge in [-0.1, -0.05) is 67.8 Å². The van der Waals surface area contributed by atoms with Crippen LogP contribution in [0.2, 0.25) is 0 Å². The molecule has 0 aliphatic carbocycles. The monoisotopic (exact) mass is 451 g/mol. The molecule has 0 fully saturated rings. The van der Waals surface area contributed by atoms with E-state index in [2.05, 4.69) is 31.5 Å². The van der Waals surface area contributed by atoms with Crippen molar-refractivity contribution in [2.75, 3.05) is 7.11 Å². The van der Waals surface area contributed by atoms with Crippen LogP contribution in [0.5, 0.6) is 5.75 Å². The van der Waals surface area contributed by atoms with Crippen molar-refractivity contribution in [3.8, 4) is 11.8 Å². The molecule has 3 heteroatoms. The lowest BCUT2D eigenvalue weighted by Gasteiger charge is -2.11. The number of rotatable bonds is 12. The van der Waals surface area contributed by atoms with E-state index in [1.54, 1.807) is 56.6 Å². The van der Waals surface area contributed by atoms with E-state index in [1.807, 2.05) is 38.1 Å². The summed E-state index contributed by atoms with van der Waals surface area (Å²) in [6, 6.07) is 8.04. The van der Waals surface area contributed by atoms with Crippen LogP contribution in [0.25, 0.3) is 5.57 Å². The maximum Gasteiger partial charge on any atom is 0.181 e. The molecule has 0 saturated heterocycles. The molecule has 0 spiro atoms. The highest BCUT2D eigenvalue weighted by molar-refractivity contribution is 6.04. The fourth-order valence-corrected chi connectivity index (χ4v) is 3.20. The Morgan fingerprint density at radius 1 is 1.12 bits per heavy atom. The number of hydrogen-bond donors (Lipinski definition) is 0. The average molecular weight is 452 g/mol. The first kappa shape index (κ1) is 27.9. The van der Waals surface area contributed by atoms with Gasteiger partial charge in [0.1, 0.15) is 5.75 Å². The molecule has 0 aromatic heterocycles. The molecule has 0 amide bonds. The molecule has 1 aromatic rings. The summed E-state index contributed by atoms with van der Waals surface area (Å²) in [6.07, 6.45) is 15.2. The number of hydrogen-bond acceptors (Lipinski definition) is 3. The lowest BCUT2D eigenvalue weighted by Crippen LogP contribution is -1.97. The van der Waals surface area contributed by atoms with Crippen molar-refractivity contribution in [3.63, 3.8) is 0 Å². The zero-order valence-electron chi connectivity index (χ0n) is 20.7. The summed E-state index contributed by atoms with van der Waals surface area (Å²) in [5.74, 6) is 0.724. The third kappa shape index (κ3) is 8.79. The zero-order chi connectivity index (χ0) is 25.5. The van der Waals surface area contributed by atoms with Crippen LogP contribution >= 0.6 is 0 Å². The molecule has 0 atom stereocenters. The molecule has 0 saturated carbocycles. The Hall–Kier alpha value is -4.12. The molecular weight excluding hydrogens is 418 g/mol. The van der Waals surface area contributed by atoms with Crippen LogP contribution in [0.4, 0.5) is 0 Å². The van der Waals surface area contributed by atoms with Crippen molar-refractivity contribution < 1.29 is 9.53 Å². The Labute approximate surface area is 204 Å². The van der Waals surface area contributed by atoms with Crippen molar-refractivity contribution in [2.45, 2.75) is 33.6 Å². The molecular formula is C31H33NO2. The minimum absolute atomic E-state index is 0.0553. The second-order valence-electron chi connectivity index (χ2n) is 7.72. The maximum atomic E-state index is 12.7. The first-order chi connectivity index (χ1) is 16.3. The Kier molecular flexibility index (Phi) is 12.2. The van der Waals surface area contributed by atoms with Gasteiger partial charge in [-0.15, -0.1) is 5.73 Å². The number of benzene rings is 1. The third-order valence-electron chi connectivity index (χ3n) is 5.10. The van der Waals surface area contributed by atoms with Crippen molar-refractivity contribution >= 4 is 11.4 Å². The van der Waals surface area contributed by atoms with Crippen LogP contribution in [-0.2, 0) is 4.79 Å². The van der Waals surface area contributed by atoms with E-state index in [1.165, 1.54) is 0 Å². The number of allylic oxidation sites excluding steroid dienone is 13. The SMILES string of the molecule is C=C=C/C(=C\C=C(/C)C(=O)/C=C(\C)CC/C(C=C)=C/C(C#N)=C\C=C)c1cccc(C)c1OC.